The highest BCUT2D eigenvalue weighted by Crippen LogP contribution is 2.38. The van der Waals surface area contributed by atoms with Gasteiger partial charge in [0.1, 0.15) is 19.8 Å². The maximum absolute atomic E-state index is 12.6. The standard InChI is InChI=1S/C49H86NO8P/c1-6-8-10-12-14-16-18-20-21-22-23-24-25-26-27-28-30-31-33-35-37-39-41-48(51)55-45-47(46-57-59(53,54)56-44-43-50(3,4)5)58-49(52)42-40-38-36-34-32-29-19-17-15-13-11-9-7-2/h8,10,14,16,20-21,23-24,29,32,36,38,47H,6-7,9,11-13,15,17-19,22,25-28,30-31,33-35,37,39-46H2,1-5H3/b10-8+,16-14+,21-20+,24-23+,32-29+,38-36+. The van der Waals surface area contributed by atoms with Crippen LogP contribution in [0.5, 0.6) is 0 Å². The predicted molar refractivity (Wildman–Crippen MR) is 245 cm³/mol. The summed E-state index contributed by atoms with van der Waals surface area (Å²) in [6.07, 6.45) is 50.9. The van der Waals surface area contributed by atoms with Crippen LogP contribution in [0.3, 0.4) is 0 Å². The molecule has 2 atom stereocenters. The van der Waals surface area contributed by atoms with Crippen molar-refractivity contribution in [3.8, 4) is 0 Å². The van der Waals surface area contributed by atoms with E-state index in [-0.39, 0.29) is 26.1 Å². The summed E-state index contributed by atoms with van der Waals surface area (Å²) in [7, 11) is 1.12. The molecular formula is C49H86NO8P. The lowest BCUT2D eigenvalue weighted by Crippen LogP contribution is -2.37. The van der Waals surface area contributed by atoms with E-state index in [1.807, 2.05) is 33.3 Å². The Kier molecular flexibility index (Phi) is 39.1. The lowest BCUT2D eigenvalue weighted by Gasteiger charge is -2.28. The second kappa shape index (κ2) is 40.8. The van der Waals surface area contributed by atoms with Crippen molar-refractivity contribution in [1.29, 1.82) is 0 Å². The first-order valence-electron chi connectivity index (χ1n) is 23.1. The first-order valence-corrected chi connectivity index (χ1v) is 24.6. The van der Waals surface area contributed by atoms with Crippen molar-refractivity contribution in [2.24, 2.45) is 0 Å². The number of unbranched alkanes of at least 4 members (excludes halogenated alkanes) is 15. The molecule has 0 saturated carbocycles. The molecule has 0 bridgehead atoms. The van der Waals surface area contributed by atoms with Gasteiger partial charge in [0.15, 0.2) is 6.10 Å². The number of rotatable bonds is 41. The summed E-state index contributed by atoms with van der Waals surface area (Å²) < 4.78 is 33.8. The van der Waals surface area contributed by atoms with Crippen LogP contribution in [0.25, 0.3) is 0 Å². The Morgan fingerprint density at radius 2 is 1.00 bits per heavy atom. The minimum Gasteiger partial charge on any atom is -0.756 e. The Bertz CT molecular complexity index is 1230. The molecule has 59 heavy (non-hydrogen) atoms. The van der Waals surface area contributed by atoms with Gasteiger partial charge in [-0.05, 0) is 70.6 Å². The minimum atomic E-state index is -4.64. The van der Waals surface area contributed by atoms with E-state index in [1.165, 1.54) is 70.6 Å². The fraction of sp³-hybridized carbons (Fsp3) is 0.714. The number of esters is 2. The summed E-state index contributed by atoms with van der Waals surface area (Å²) in [6, 6.07) is 0. The Balaban J connectivity index is 4.34. The zero-order chi connectivity index (χ0) is 43.6. The molecular weight excluding hydrogens is 762 g/mol. The van der Waals surface area contributed by atoms with E-state index >= 15 is 0 Å². The van der Waals surface area contributed by atoms with Crippen LogP contribution < -0.4 is 4.89 Å². The van der Waals surface area contributed by atoms with E-state index in [2.05, 4.69) is 74.6 Å². The van der Waals surface area contributed by atoms with Gasteiger partial charge in [-0.1, -0.05) is 164 Å². The van der Waals surface area contributed by atoms with Crippen molar-refractivity contribution >= 4 is 19.8 Å². The molecule has 0 heterocycles. The van der Waals surface area contributed by atoms with Gasteiger partial charge in [0.2, 0.25) is 0 Å². The largest absolute Gasteiger partial charge is 0.756 e. The van der Waals surface area contributed by atoms with Crippen LogP contribution in [0.1, 0.15) is 174 Å². The molecule has 0 amide bonds. The molecule has 0 aromatic carbocycles. The number of hydrogen-bond donors (Lipinski definition) is 0. The third-order valence-electron chi connectivity index (χ3n) is 9.47. The molecule has 10 heteroatoms. The number of phosphoric acid groups is 1. The molecule has 0 radical (unpaired) electrons. The van der Waals surface area contributed by atoms with Crippen LogP contribution in [0, 0.1) is 0 Å². The third kappa shape index (κ3) is 44.8. The molecule has 2 unspecified atom stereocenters. The van der Waals surface area contributed by atoms with Crippen LogP contribution >= 0.6 is 7.82 Å². The van der Waals surface area contributed by atoms with Crippen molar-refractivity contribution in [3.05, 3.63) is 72.9 Å². The third-order valence-corrected chi connectivity index (χ3v) is 10.4. The Hall–Kier alpha value is -2.55. The topological polar surface area (TPSA) is 111 Å². The van der Waals surface area contributed by atoms with Crippen molar-refractivity contribution < 1.29 is 42.1 Å². The van der Waals surface area contributed by atoms with Crippen LogP contribution in [0.4, 0.5) is 0 Å². The van der Waals surface area contributed by atoms with Gasteiger partial charge < -0.3 is 27.9 Å². The molecule has 0 rings (SSSR count). The lowest BCUT2D eigenvalue weighted by atomic mass is 10.1. The smallest absolute Gasteiger partial charge is 0.306 e. The number of hydrogen-bond acceptors (Lipinski definition) is 8. The van der Waals surface area contributed by atoms with Crippen LogP contribution in [-0.4, -0.2) is 70.0 Å². The number of nitrogens with zero attached hydrogens (tertiary/aromatic N) is 1. The first-order chi connectivity index (χ1) is 28.5. The van der Waals surface area contributed by atoms with Crippen molar-refractivity contribution in [2.45, 2.75) is 180 Å². The van der Waals surface area contributed by atoms with Gasteiger partial charge in [0.05, 0.1) is 27.7 Å². The molecule has 0 N–H and O–H groups in total. The van der Waals surface area contributed by atoms with Gasteiger partial charge in [-0.2, -0.15) is 0 Å². The fourth-order valence-electron chi connectivity index (χ4n) is 5.87. The highest BCUT2D eigenvalue weighted by molar-refractivity contribution is 7.45. The SMILES string of the molecule is CC/C=C/C/C=C/C/C=C/C/C=C/CCCCCCCCCCCC(=O)OCC(COP(=O)([O-])OCC[N+](C)(C)C)OC(=O)CC/C=C/C/C=C/CCCCCCCC. The van der Waals surface area contributed by atoms with Gasteiger partial charge in [-0.25, -0.2) is 0 Å². The van der Waals surface area contributed by atoms with Crippen molar-refractivity contribution in [2.75, 3.05) is 47.5 Å². The maximum Gasteiger partial charge on any atom is 0.306 e. The lowest BCUT2D eigenvalue weighted by molar-refractivity contribution is -0.870. The molecule has 0 aliphatic rings. The Morgan fingerprint density at radius 3 is 1.51 bits per heavy atom. The average molecular weight is 848 g/mol. The summed E-state index contributed by atoms with van der Waals surface area (Å²) in [5, 5.41) is 0. The van der Waals surface area contributed by atoms with Gasteiger partial charge >= 0.3 is 11.9 Å². The van der Waals surface area contributed by atoms with E-state index in [0.717, 1.165) is 64.2 Å². The van der Waals surface area contributed by atoms with E-state index in [4.69, 9.17) is 18.5 Å². The average Bonchev–Trinajstić information content (AvgIpc) is 3.19. The second-order valence-electron chi connectivity index (χ2n) is 16.4. The number of ether oxygens (including phenoxy) is 2. The number of carbonyl (C=O) groups is 2. The maximum atomic E-state index is 12.6. The summed E-state index contributed by atoms with van der Waals surface area (Å²) in [5.74, 6) is -0.924. The highest BCUT2D eigenvalue weighted by atomic mass is 31.2. The van der Waals surface area contributed by atoms with Gasteiger partial charge in [0, 0.05) is 12.8 Å². The Labute approximate surface area is 361 Å². The predicted octanol–water partition coefficient (Wildman–Crippen LogP) is 12.8. The van der Waals surface area contributed by atoms with E-state index in [1.54, 1.807) is 0 Å². The molecule has 0 aliphatic heterocycles. The molecule has 0 fully saturated rings. The molecule has 0 aliphatic carbocycles. The monoisotopic (exact) mass is 848 g/mol. The summed E-state index contributed by atoms with van der Waals surface area (Å²) in [6.45, 7) is 4.02. The molecule has 0 aromatic rings. The molecule has 340 valence electrons. The van der Waals surface area contributed by atoms with E-state index < -0.39 is 32.5 Å². The molecule has 0 saturated heterocycles. The van der Waals surface area contributed by atoms with Crippen molar-refractivity contribution in [1.82, 2.24) is 0 Å². The minimum absolute atomic E-state index is 0.0441. The zero-order valence-electron chi connectivity index (χ0n) is 38.2. The summed E-state index contributed by atoms with van der Waals surface area (Å²) in [5.41, 5.74) is 0. The van der Waals surface area contributed by atoms with Gasteiger partial charge in [-0.3, -0.25) is 14.2 Å². The first kappa shape index (κ1) is 56.5. The Morgan fingerprint density at radius 1 is 0.542 bits per heavy atom. The number of allylic oxidation sites excluding steroid dienone is 12. The zero-order valence-corrected chi connectivity index (χ0v) is 39.1. The van der Waals surface area contributed by atoms with E-state index in [9.17, 15) is 19.0 Å². The summed E-state index contributed by atoms with van der Waals surface area (Å²) >= 11 is 0. The molecule has 9 nitrogen and oxygen atoms in total. The highest BCUT2D eigenvalue weighted by Gasteiger charge is 2.21. The van der Waals surface area contributed by atoms with Crippen LogP contribution in [-0.2, 0) is 32.7 Å². The quantitative estimate of drug-likeness (QED) is 0.0197. The second-order valence-corrected chi connectivity index (χ2v) is 17.8. The number of carbonyl (C=O) groups excluding carboxylic acids is 2. The fourth-order valence-corrected chi connectivity index (χ4v) is 6.60. The van der Waals surface area contributed by atoms with Crippen molar-refractivity contribution in [3.63, 3.8) is 0 Å². The number of phosphoric ester groups is 1. The van der Waals surface area contributed by atoms with E-state index in [0.29, 0.717) is 23.9 Å². The summed E-state index contributed by atoms with van der Waals surface area (Å²) in [4.78, 5) is 37.5. The number of quaternary nitrogens is 1. The van der Waals surface area contributed by atoms with Gasteiger partial charge in [-0.15, -0.1) is 0 Å². The van der Waals surface area contributed by atoms with Crippen LogP contribution in [0.2, 0.25) is 0 Å². The molecule has 0 spiro atoms. The van der Waals surface area contributed by atoms with Crippen LogP contribution in [0.15, 0.2) is 72.9 Å². The molecule has 0 aromatic heterocycles. The number of likely N-dealkylation sites (N-methyl/N-ethyl adjacent to an activating group) is 1. The van der Waals surface area contributed by atoms with Gasteiger partial charge in [0.25, 0.3) is 7.82 Å². The normalized spacial score (nSPS) is 14.2.